The molecule has 0 bridgehead atoms. The number of hydrogen-bond acceptors (Lipinski definition) is 5. The first kappa shape index (κ1) is 27.0. The highest BCUT2D eigenvalue weighted by Gasteiger charge is 2.44. The fraction of sp³-hybridized carbons (Fsp3) is 0.167. The lowest BCUT2D eigenvalue weighted by molar-refractivity contribution is -0.143. The summed E-state index contributed by atoms with van der Waals surface area (Å²) in [7, 11) is -1.83. The summed E-state index contributed by atoms with van der Waals surface area (Å²) in [6.07, 6.45) is -10.7. The summed E-state index contributed by atoms with van der Waals surface area (Å²) >= 11 is 0. The van der Waals surface area contributed by atoms with Gasteiger partial charge in [-0.25, -0.2) is 0 Å². The lowest BCUT2D eigenvalue weighted by Gasteiger charge is -2.19. The normalized spacial score (nSPS) is 12.7. The van der Waals surface area contributed by atoms with Crippen molar-refractivity contribution in [3.63, 3.8) is 0 Å². The highest BCUT2D eigenvalue weighted by Crippen LogP contribution is 2.44. The van der Waals surface area contributed by atoms with Gasteiger partial charge in [0.25, 0.3) is 0 Å². The summed E-state index contributed by atoms with van der Waals surface area (Å²) in [6.45, 7) is 0. The molecule has 0 aliphatic carbocycles. The second-order valence-corrected chi connectivity index (χ2v) is 8.95. The van der Waals surface area contributed by atoms with Crippen LogP contribution in [0.4, 0.5) is 26.3 Å². The minimum absolute atomic E-state index is 0.0709. The lowest BCUT2D eigenvalue weighted by atomic mass is 10.0. The number of alkyl halides is 6. The van der Waals surface area contributed by atoms with Crippen molar-refractivity contribution in [3.8, 4) is 11.5 Å². The first-order valence-corrected chi connectivity index (χ1v) is 11.4. The molecule has 3 aromatic carbocycles. The van der Waals surface area contributed by atoms with Gasteiger partial charge in [0.05, 0.1) is 30.7 Å². The molecule has 0 aromatic heterocycles. The summed E-state index contributed by atoms with van der Waals surface area (Å²) in [5.41, 5.74) is -7.58. The van der Waals surface area contributed by atoms with E-state index in [0.29, 0.717) is 18.2 Å². The second kappa shape index (κ2) is 10.2. The van der Waals surface area contributed by atoms with Gasteiger partial charge in [-0.2, -0.15) is 26.3 Å². The molecule has 3 rings (SSSR count). The fourth-order valence-corrected chi connectivity index (χ4v) is 4.99. The van der Waals surface area contributed by atoms with Crippen molar-refractivity contribution < 1.29 is 50.0 Å². The maximum absolute atomic E-state index is 13.5. The molecular weight excluding hydrogens is 513 g/mol. The Hall–Kier alpha value is -3.59. The minimum atomic E-state index is -5.34. The van der Waals surface area contributed by atoms with Crippen LogP contribution in [0.15, 0.2) is 60.7 Å². The zero-order valence-electron chi connectivity index (χ0n) is 18.6. The van der Waals surface area contributed by atoms with Crippen LogP contribution in [0, 0.1) is 0 Å². The van der Waals surface area contributed by atoms with E-state index in [0.717, 1.165) is 19.2 Å². The molecule has 0 spiro atoms. The number of carbonyl (C=O) groups is 2. The van der Waals surface area contributed by atoms with Gasteiger partial charge in [-0.3, -0.25) is 9.59 Å². The molecule has 0 radical (unpaired) electrons. The summed E-state index contributed by atoms with van der Waals surface area (Å²) in [5, 5.41) is -0.530. The molecule has 0 heterocycles. The molecule has 0 N–H and O–H groups in total. The van der Waals surface area contributed by atoms with Crippen LogP contribution < -0.4 is 14.8 Å². The van der Waals surface area contributed by atoms with Gasteiger partial charge < -0.3 is 14.0 Å². The van der Waals surface area contributed by atoms with Crippen molar-refractivity contribution >= 4 is 24.4 Å². The van der Waals surface area contributed by atoms with Gasteiger partial charge in [-0.15, -0.1) is 0 Å². The number of hydrogen-bond donors (Lipinski definition) is 0. The number of methoxy groups -OCH3 is 2. The first-order chi connectivity index (χ1) is 16.8. The van der Waals surface area contributed by atoms with Crippen LogP contribution in [0.5, 0.6) is 11.5 Å². The van der Waals surface area contributed by atoms with Gasteiger partial charge in [0, 0.05) is 11.1 Å². The van der Waals surface area contributed by atoms with Gasteiger partial charge in [0.2, 0.25) is 11.3 Å². The van der Waals surface area contributed by atoms with Crippen molar-refractivity contribution in [2.24, 2.45) is 0 Å². The van der Waals surface area contributed by atoms with Crippen LogP contribution in [0.25, 0.3) is 0 Å². The van der Waals surface area contributed by atoms with E-state index in [4.69, 9.17) is 9.47 Å². The van der Waals surface area contributed by atoms with Crippen LogP contribution in [-0.4, -0.2) is 25.5 Å². The molecule has 5 nitrogen and oxygen atoms in total. The minimum Gasteiger partial charge on any atom is -0.496 e. The van der Waals surface area contributed by atoms with E-state index in [9.17, 15) is 40.5 Å². The van der Waals surface area contributed by atoms with E-state index in [-0.39, 0.29) is 16.9 Å². The molecule has 0 amide bonds. The molecule has 1 atom stereocenters. The van der Waals surface area contributed by atoms with Crippen molar-refractivity contribution in [1.29, 1.82) is 0 Å². The molecule has 3 aromatic rings. The Morgan fingerprint density at radius 3 is 1.75 bits per heavy atom. The Morgan fingerprint density at radius 2 is 1.28 bits per heavy atom. The Labute approximate surface area is 201 Å². The molecule has 0 aliphatic heterocycles. The fourth-order valence-electron chi connectivity index (χ4n) is 3.58. The number of benzene rings is 3. The quantitative estimate of drug-likeness (QED) is 0.213. The van der Waals surface area contributed by atoms with Crippen LogP contribution in [-0.2, 0) is 16.9 Å². The zero-order chi connectivity index (χ0) is 26.8. The zero-order valence-corrected chi connectivity index (χ0v) is 19.6. The molecule has 0 fully saturated rings. The SMILES string of the molecule is COc1ccc([PH](=O)C(=O)c2c(C(F)(F)F)cccc2C(F)(F)F)c(OC)c1C(=O)c1ccccc1. The van der Waals surface area contributed by atoms with Crippen LogP contribution >= 0.6 is 7.80 Å². The number of rotatable bonds is 7. The largest absolute Gasteiger partial charge is 0.496 e. The summed E-state index contributed by atoms with van der Waals surface area (Å²) in [6, 6.07) is 10.9. The standard InChI is InChI=1S/C24H17F6O5P/c1-34-16-11-12-17(21(35-2)19(16)20(31)13-7-4-3-5-8-13)36(33)22(32)18-14(23(25,26)27)9-6-10-15(18)24(28,29)30/h3-12,36H,1-2H3. The Morgan fingerprint density at radius 1 is 0.722 bits per heavy atom. The van der Waals surface area contributed by atoms with Crippen molar-refractivity contribution in [2.45, 2.75) is 12.4 Å². The Balaban J connectivity index is 2.24. The van der Waals surface area contributed by atoms with E-state index < -0.39 is 59.2 Å². The number of ether oxygens (including phenoxy) is 2. The van der Waals surface area contributed by atoms with Crippen LogP contribution in [0.1, 0.15) is 37.4 Å². The number of ketones is 1. The summed E-state index contributed by atoms with van der Waals surface area (Å²) < 4.78 is 105. The topological polar surface area (TPSA) is 69.7 Å². The first-order valence-electron chi connectivity index (χ1n) is 10.0. The molecule has 0 saturated heterocycles. The third kappa shape index (κ3) is 5.16. The summed E-state index contributed by atoms with van der Waals surface area (Å²) in [4.78, 5) is 26.2. The van der Waals surface area contributed by atoms with E-state index in [2.05, 4.69) is 0 Å². The smallest absolute Gasteiger partial charge is 0.417 e. The lowest BCUT2D eigenvalue weighted by Crippen LogP contribution is -2.21. The molecule has 12 heteroatoms. The average Bonchev–Trinajstić information content (AvgIpc) is 2.85. The van der Waals surface area contributed by atoms with Crippen molar-refractivity contribution in [2.75, 3.05) is 14.2 Å². The number of carbonyl (C=O) groups excluding carboxylic acids is 2. The van der Waals surface area contributed by atoms with Crippen LogP contribution in [0.2, 0.25) is 0 Å². The maximum Gasteiger partial charge on any atom is 0.417 e. The molecule has 0 saturated carbocycles. The van der Waals surface area contributed by atoms with Gasteiger partial charge in [0.1, 0.15) is 17.1 Å². The Bertz CT molecular complexity index is 1300. The molecule has 36 heavy (non-hydrogen) atoms. The molecule has 190 valence electrons. The Kier molecular flexibility index (Phi) is 7.64. The number of halogens is 6. The summed E-state index contributed by atoms with van der Waals surface area (Å²) in [5.74, 6) is -1.23. The predicted octanol–water partition coefficient (Wildman–Crippen LogP) is 6.00. The monoisotopic (exact) mass is 530 g/mol. The highest BCUT2D eigenvalue weighted by atomic mass is 31.1. The molecular formula is C24H17F6O5P. The molecule has 1 unspecified atom stereocenters. The third-order valence-electron chi connectivity index (χ3n) is 5.16. The molecule has 0 aliphatic rings. The van der Waals surface area contributed by atoms with Crippen molar-refractivity contribution in [1.82, 2.24) is 0 Å². The average molecular weight is 530 g/mol. The van der Waals surface area contributed by atoms with E-state index in [1.54, 1.807) is 18.2 Å². The van der Waals surface area contributed by atoms with Crippen molar-refractivity contribution in [3.05, 3.63) is 88.5 Å². The van der Waals surface area contributed by atoms with Gasteiger partial charge in [-0.1, -0.05) is 36.4 Å². The predicted molar refractivity (Wildman–Crippen MR) is 119 cm³/mol. The van der Waals surface area contributed by atoms with Gasteiger partial charge in [0.15, 0.2) is 7.80 Å². The van der Waals surface area contributed by atoms with Gasteiger partial charge in [-0.05, 0) is 24.3 Å². The highest BCUT2D eigenvalue weighted by molar-refractivity contribution is 7.71. The van der Waals surface area contributed by atoms with E-state index in [1.165, 1.54) is 19.2 Å². The third-order valence-corrected chi connectivity index (χ3v) is 6.71. The maximum atomic E-state index is 13.5. The van der Waals surface area contributed by atoms with Gasteiger partial charge >= 0.3 is 12.4 Å². The van der Waals surface area contributed by atoms with E-state index >= 15 is 0 Å². The second-order valence-electron chi connectivity index (χ2n) is 7.30. The van der Waals surface area contributed by atoms with E-state index in [1.807, 2.05) is 0 Å². The van der Waals surface area contributed by atoms with Crippen LogP contribution in [0.3, 0.4) is 0 Å².